The molecule has 0 aliphatic carbocycles. The third-order valence-corrected chi connectivity index (χ3v) is 2.83. The minimum Gasteiger partial charge on any atom is -0.504 e. The minimum atomic E-state index is -0.327. The van der Waals surface area contributed by atoms with E-state index in [2.05, 4.69) is 26.2 Å². The number of hydrogen-bond donors (Lipinski definition) is 2. The van der Waals surface area contributed by atoms with Gasteiger partial charge in [-0.15, -0.1) is 0 Å². The second kappa shape index (κ2) is 4.97. The number of carbonyl (C=O) groups is 1. The predicted octanol–water partition coefficient (Wildman–Crippen LogP) is 2.80. The molecule has 0 spiro atoms. The molecule has 5 heteroatoms. The van der Waals surface area contributed by atoms with Gasteiger partial charge in [-0.1, -0.05) is 12.1 Å². The highest BCUT2D eigenvalue weighted by Gasteiger charge is 2.11. The van der Waals surface area contributed by atoms with Gasteiger partial charge in [-0.2, -0.15) is 0 Å². The number of aromatic hydroxyl groups is 1. The zero-order valence-electron chi connectivity index (χ0n) is 8.72. The fourth-order valence-corrected chi connectivity index (χ4v) is 1.78. The maximum Gasteiger partial charge on any atom is 0.258 e. The lowest BCUT2D eigenvalue weighted by Gasteiger charge is -2.06. The summed E-state index contributed by atoms with van der Waals surface area (Å²) in [5.74, 6) is -0.243. The smallest absolute Gasteiger partial charge is 0.258 e. The summed E-state index contributed by atoms with van der Waals surface area (Å²) in [6, 6.07) is 10.1. The highest BCUT2D eigenvalue weighted by Crippen LogP contribution is 2.21. The average Bonchev–Trinajstić information content (AvgIpc) is 2.32. The van der Waals surface area contributed by atoms with Crippen LogP contribution in [0.5, 0.6) is 5.75 Å². The van der Waals surface area contributed by atoms with Gasteiger partial charge in [0.1, 0.15) is 0 Å². The number of halogens is 1. The molecule has 2 N–H and O–H groups in total. The van der Waals surface area contributed by atoms with Gasteiger partial charge < -0.3 is 10.4 Å². The summed E-state index contributed by atoms with van der Waals surface area (Å²) in [7, 11) is 0. The van der Waals surface area contributed by atoms with Crippen LogP contribution in [0.3, 0.4) is 0 Å². The van der Waals surface area contributed by atoms with Crippen LogP contribution in [0.1, 0.15) is 10.4 Å². The lowest BCUT2D eigenvalue weighted by Crippen LogP contribution is -2.13. The molecule has 0 atom stereocenters. The van der Waals surface area contributed by atoms with Crippen LogP contribution in [0, 0.1) is 0 Å². The van der Waals surface area contributed by atoms with Crippen molar-refractivity contribution in [2.45, 2.75) is 0 Å². The molecule has 0 aliphatic heterocycles. The van der Waals surface area contributed by atoms with Gasteiger partial charge in [-0.25, -0.2) is 4.98 Å². The van der Waals surface area contributed by atoms with E-state index in [4.69, 9.17) is 0 Å². The van der Waals surface area contributed by atoms with E-state index in [0.717, 1.165) is 0 Å². The molecule has 2 rings (SSSR count). The molecular weight excluding hydrogens is 284 g/mol. The lowest BCUT2D eigenvalue weighted by atomic mass is 10.2. The molecule has 0 fully saturated rings. The average molecular weight is 293 g/mol. The molecule has 1 amide bonds. The molecule has 1 heterocycles. The SMILES string of the molecule is O=C(Nc1ncccc1O)c1ccccc1Br. The molecule has 1 aromatic heterocycles. The molecule has 0 saturated heterocycles. The maximum absolute atomic E-state index is 11.9. The highest BCUT2D eigenvalue weighted by molar-refractivity contribution is 9.10. The van der Waals surface area contributed by atoms with Crippen LogP contribution < -0.4 is 5.32 Å². The Kier molecular flexibility index (Phi) is 3.39. The van der Waals surface area contributed by atoms with Gasteiger partial charge in [-0.05, 0) is 40.2 Å². The first-order chi connectivity index (χ1) is 8.18. The number of aromatic nitrogens is 1. The molecule has 17 heavy (non-hydrogen) atoms. The van der Waals surface area contributed by atoms with Crippen LogP contribution in [0.25, 0.3) is 0 Å². The van der Waals surface area contributed by atoms with Crippen LogP contribution >= 0.6 is 15.9 Å². The molecule has 0 saturated carbocycles. The Morgan fingerprint density at radius 2 is 2.00 bits per heavy atom. The second-order valence-corrected chi connectivity index (χ2v) is 4.16. The van der Waals surface area contributed by atoms with Crippen molar-refractivity contribution in [2.75, 3.05) is 5.32 Å². The third kappa shape index (κ3) is 2.62. The number of nitrogens with zero attached hydrogens (tertiary/aromatic N) is 1. The topological polar surface area (TPSA) is 62.2 Å². The Hall–Kier alpha value is -1.88. The van der Waals surface area contributed by atoms with Gasteiger partial charge in [0.2, 0.25) is 0 Å². The van der Waals surface area contributed by atoms with Crippen LogP contribution in [-0.2, 0) is 0 Å². The lowest BCUT2D eigenvalue weighted by molar-refractivity contribution is 0.102. The molecule has 2 aromatic rings. The number of nitrogens with one attached hydrogen (secondary N) is 1. The van der Waals surface area contributed by atoms with Gasteiger partial charge in [0.05, 0.1) is 5.56 Å². The van der Waals surface area contributed by atoms with E-state index < -0.39 is 0 Å². The fraction of sp³-hybridized carbons (Fsp3) is 0. The van der Waals surface area contributed by atoms with Crippen LogP contribution in [-0.4, -0.2) is 16.0 Å². The Morgan fingerprint density at radius 3 is 2.71 bits per heavy atom. The Balaban J connectivity index is 2.24. The summed E-state index contributed by atoms with van der Waals surface area (Å²) in [5, 5.41) is 12.0. The standard InChI is InChI=1S/C12H9BrN2O2/c13-9-5-2-1-4-8(9)12(17)15-11-10(16)6-3-7-14-11/h1-7,16H,(H,14,15,17). The van der Waals surface area contributed by atoms with E-state index in [9.17, 15) is 9.90 Å². The summed E-state index contributed by atoms with van der Waals surface area (Å²) in [4.78, 5) is 15.8. The maximum atomic E-state index is 11.9. The summed E-state index contributed by atoms with van der Waals surface area (Å²) >= 11 is 3.29. The van der Waals surface area contributed by atoms with Crippen LogP contribution in [0.15, 0.2) is 47.1 Å². The van der Waals surface area contributed by atoms with Crippen molar-refractivity contribution in [1.29, 1.82) is 0 Å². The van der Waals surface area contributed by atoms with Gasteiger partial charge in [0, 0.05) is 10.7 Å². The van der Waals surface area contributed by atoms with Crippen LogP contribution in [0.4, 0.5) is 5.82 Å². The van der Waals surface area contributed by atoms with Crippen molar-refractivity contribution in [2.24, 2.45) is 0 Å². The summed E-state index contributed by atoms with van der Waals surface area (Å²) in [5.41, 5.74) is 0.484. The fourth-order valence-electron chi connectivity index (χ4n) is 1.31. The zero-order chi connectivity index (χ0) is 12.3. The quantitative estimate of drug-likeness (QED) is 0.895. The molecule has 0 aliphatic rings. The van der Waals surface area contributed by atoms with E-state index in [0.29, 0.717) is 10.0 Å². The number of anilines is 1. The van der Waals surface area contributed by atoms with Crippen molar-refractivity contribution < 1.29 is 9.90 Å². The van der Waals surface area contributed by atoms with Crippen molar-refractivity contribution >= 4 is 27.7 Å². The van der Waals surface area contributed by atoms with Gasteiger partial charge in [0.25, 0.3) is 5.91 Å². The number of benzene rings is 1. The van der Waals surface area contributed by atoms with E-state index in [1.807, 2.05) is 6.07 Å². The summed E-state index contributed by atoms with van der Waals surface area (Å²) in [6.07, 6.45) is 1.50. The first-order valence-electron chi connectivity index (χ1n) is 4.88. The molecule has 0 radical (unpaired) electrons. The van der Waals surface area contributed by atoms with Crippen molar-refractivity contribution in [3.8, 4) is 5.75 Å². The van der Waals surface area contributed by atoms with Crippen molar-refractivity contribution in [3.05, 3.63) is 52.6 Å². The largest absolute Gasteiger partial charge is 0.504 e. The molecule has 4 nitrogen and oxygen atoms in total. The van der Waals surface area contributed by atoms with Gasteiger partial charge >= 0.3 is 0 Å². The van der Waals surface area contributed by atoms with Crippen molar-refractivity contribution in [3.63, 3.8) is 0 Å². The zero-order valence-corrected chi connectivity index (χ0v) is 10.3. The normalized spacial score (nSPS) is 9.94. The molecular formula is C12H9BrN2O2. The van der Waals surface area contributed by atoms with E-state index in [1.165, 1.54) is 12.3 Å². The molecule has 86 valence electrons. The molecule has 0 bridgehead atoms. The summed E-state index contributed by atoms with van der Waals surface area (Å²) in [6.45, 7) is 0. The summed E-state index contributed by atoms with van der Waals surface area (Å²) < 4.78 is 0.688. The van der Waals surface area contributed by atoms with Crippen LogP contribution in [0.2, 0.25) is 0 Å². The Morgan fingerprint density at radius 1 is 1.24 bits per heavy atom. The third-order valence-electron chi connectivity index (χ3n) is 2.14. The number of hydrogen-bond acceptors (Lipinski definition) is 3. The number of carbonyl (C=O) groups excluding carboxylic acids is 1. The van der Waals surface area contributed by atoms with Gasteiger partial charge in [-0.3, -0.25) is 4.79 Å². The Labute approximate surface area is 106 Å². The first kappa shape index (κ1) is 11.6. The highest BCUT2D eigenvalue weighted by atomic mass is 79.9. The molecule has 1 aromatic carbocycles. The molecule has 0 unspecified atom stereocenters. The second-order valence-electron chi connectivity index (χ2n) is 3.31. The monoisotopic (exact) mass is 292 g/mol. The van der Waals surface area contributed by atoms with E-state index in [1.54, 1.807) is 24.3 Å². The first-order valence-corrected chi connectivity index (χ1v) is 5.67. The number of pyridine rings is 1. The Bertz CT molecular complexity index is 558. The number of amides is 1. The van der Waals surface area contributed by atoms with E-state index >= 15 is 0 Å². The van der Waals surface area contributed by atoms with E-state index in [-0.39, 0.29) is 17.5 Å². The van der Waals surface area contributed by atoms with Crippen molar-refractivity contribution in [1.82, 2.24) is 4.98 Å². The van der Waals surface area contributed by atoms with Gasteiger partial charge in [0.15, 0.2) is 11.6 Å². The predicted molar refractivity (Wildman–Crippen MR) is 68.0 cm³/mol. The minimum absolute atomic E-state index is 0.0621. The number of rotatable bonds is 2.